The normalized spacial score (nSPS) is 12.7. The fraction of sp³-hybridized carbons (Fsp3) is 0.630. The van der Waals surface area contributed by atoms with Crippen LogP contribution < -0.4 is 10.6 Å². The van der Waals surface area contributed by atoms with Gasteiger partial charge in [0.15, 0.2) is 0 Å². The summed E-state index contributed by atoms with van der Waals surface area (Å²) in [4.78, 5) is 52.9. The SMILES string of the molecule is CCCCCN(C(=O)C(CS)NC(=O)OC(C)(C)C)C(C(=O)NCCC(=O)OCC)c1ccc(C)cc1. The number of esters is 1. The van der Waals surface area contributed by atoms with Crippen LogP contribution in [0.1, 0.15) is 77.5 Å². The van der Waals surface area contributed by atoms with Gasteiger partial charge in [0, 0.05) is 18.8 Å². The van der Waals surface area contributed by atoms with Crippen molar-refractivity contribution in [2.75, 3.05) is 25.4 Å². The highest BCUT2D eigenvalue weighted by Crippen LogP contribution is 2.24. The number of carbonyl (C=O) groups excluding carboxylic acids is 4. The van der Waals surface area contributed by atoms with Crippen LogP contribution in [0, 0.1) is 6.92 Å². The van der Waals surface area contributed by atoms with Crippen molar-refractivity contribution in [1.29, 1.82) is 0 Å². The van der Waals surface area contributed by atoms with Gasteiger partial charge in [-0.2, -0.15) is 12.6 Å². The van der Waals surface area contributed by atoms with Gasteiger partial charge in [-0.25, -0.2) is 4.79 Å². The van der Waals surface area contributed by atoms with E-state index in [1.807, 2.05) is 38.1 Å². The molecule has 1 aromatic rings. The Morgan fingerprint density at radius 3 is 2.24 bits per heavy atom. The van der Waals surface area contributed by atoms with Crippen molar-refractivity contribution >= 4 is 36.5 Å². The predicted molar refractivity (Wildman–Crippen MR) is 146 cm³/mol. The van der Waals surface area contributed by atoms with Gasteiger partial charge in [0.25, 0.3) is 0 Å². The lowest BCUT2D eigenvalue weighted by molar-refractivity contribution is -0.144. The van der Waals surface area contributed by atoms with Crippen molar-refractivity contribution < 1.29 is 28.7 Å². The van der Waals surface area contributed by atoms with Crippen molar-refractivity contribution in [1.82, 2.24) is 15.5 Å². The molecule has 37 heavy (non-hydrogen) atoms. The Hall–Kier alpha value is -2.75. The van der Waals surface area contributed by atoms with Crippen molar-refractivity contribution in [2.24, 2.45) is 0 Å². The summed E-state index contributed by atoms with van der Waals surface area (Å²) < 4.78 is 10.3. The van der Waals surface area contributed by atoms with Gasteiger partial charge in [-0.3, -0.25) is 14.4 Å². The third-order valence-electron chi connectivity index (χ3n) is 5.34. The van der Waals surface area contributed by atoms with Crippen LogP contribution in [0.25, 0.3) is 0 Å². The molecule has 2 atom stereocenters. The van der Waals surface area contributed by atoms with Crippen LogP contribution in [0.4, 0.5) is 4.79 Å². The first-order valence-corrected chi connectivity index (χ1v) is 13.5. The molecule has 0 heterocycles. The van der Waals surface area contributed by atoms with Gasteiger partial charge < -0.3 is 25.0 Å². The molecule has 0 saturated heterocycles. The number of hydrogen-bond donors (Lipinski definition) is 3. The van der Waals surface area contributed by atoms with E-state index in [0.717, 1.165) is 18.4 Å². The molecule has 0 bridgehead atoms. The first-order chi connectivity index (χ1) is 17.4. The maximum absolute atomic E-state index is 13.8. The summed E-state index contributed by atoms with van der Waals surface area (Å²) in [5.74, 6) is -1.26. The topological polar surface area (TPSA) is 114 Å². The first-order valence-electron chi connectivity index (χ1n) is 12.8. The average Bonchev–Trinajstić information content (AvgIpc) is 2.81. The minimum atomic E-state index is -1.000. The third-order valence-corrected chi connectivity index (χ3v) is 5.71. The number of unbranched alkanes of at least 4 members (excludes halogenated alkanes) is 2. The Morgan fingerprint density at radius 2 is 1.70 bits per heavy atom. The molecule has 208 valence electrons. The van der Waals surface area contributed by atoms with E-state index in [1.54, 1.807) is 27.7 Å². The number of nitrogens with zero attached hydrogens (tertiary/aromatic N) is 1. The van der Waals surface area contributed by atoms with Crippen molar-refractivity contribution in [3.63, 3.8) is 0 Å². The molecule has 2 N–H and O–H groups in total. The molecule has 10 heteroatoms. The molecule has 1 aromatic carbocycles. The molecular formula is C27H43N3O6S. The maximum atomic E-state index is 13.8. The Morgan fingerprint density at radius 1 is 1.05 bits per heavy atom. The number of benzene rings is 1. The summed E-state index contributed by atoms with van der Waals surface area (Å²) in [6, 6.07) is 5.40. The van der Waals surface area contributed by atoms with Crippen LogP contribution in [0.5, 0.6) is 0 Å². The van der Waals surface area contributed by atoms with Gasteiger partial charge >= 0.3 is 12.1 Å². The van der Waals surface area contributed by atoms with E-state index < -0.39 is 41.6 Å². The summed E-state index contributed by atoms with van der Waals surface area (Å²) >= 11 is 4.30. The number of thiol groups is 1. The number of alkyl carbamates (subject to hydrolysis) is 1. The number of rotatable bonds is 14. The Labute approximate surface area is 226 Å². The monoisotopic (exact) mass is 537 g/mol. The number of ether oxygens (including phenoxy) is 2. The number of hydrogen-bond acceptors (Lipinski definition) is 7. The van der Waals surface area contributed by atoms with Crippen LogP contribution in [0.2, 0.25) is 0 Å². The smallest absolute Gasteiger partial charge is 0.408 e. The fourth-order valence-corrected chi connectivity index (χ4v) is 3.82. The summed E-state index contributed by atoms with van der Waals surface area (Å²) in [5, 5.41) is 5.37. The predicted octanol–water partition coefficient (Wildman–Crippen LogP) is 3.95. The molecule has 0 aliphatic heterocycles. The zero-order valence-corrected chi connectivity index (χ0v) is 23.9. The van der Waals surface area contributed by atoms with Crippen LogP contribution in [0.15, 0.2) is 24.3 Å². The molecule has 0 fully saturated rings. The summed E-state index contributed by atoms with van der Waals surface area (Å²) in [6.45, 7) is 11.5. The summed E-state index contributed by atoms with van der Waals surface area (Å²) in [6.07, 6.45) is 1.74. The van der Waals surface area contributed by atoms with Crippen LogP contribution >= 0.6 is 12.6 Å². The molecule has 0 radical (unpaired) electrons. The molecule has 3 amide bonds. The Kier molecular flexibility index (Phi) is 14.1. The van der Waals surface area contributed by atoms with Gasteiger partial charge in [0.05, 0.1) is 13.0 Å². The lowest BCUT2D eigenvalue weighted by Gasteiger charge is -2.34. The molecule has 0 aliphatic carbocycles. The lowest BCUT2D eigenvalue weighted by atomic mass is 10.0. The highest BCUT2D eigenvalue weighted by molar-refractivity contribution is 7.80. The third kappa shape index (κ3) is 11.9. The molecular weight excluding hydrogens is 494 g/mol. The zero-order valence-electron chi connectivity index (χ0n) is 23.0. The standard InChI is InChI=1S/C27H43N3O6S/c1-7-9-10-17-30(25(33)21(18-37)29-26(34)36-27(4,5)6)23(20-13-11-19(3)12-14-20)24(32)28-16-15-22(31)35-8-2/h11-14,21,23,37H,7-10,15-18H2,1-6H3,(H,28,32)(H,29,34). The molecule has 0 saturated carbocycles. The highest BCUT2D eigenvalue weighted by Gasteiger charge is 2.35. The van der Waals surface area contributed by atoms with Gasteiger partial charge in [-0.1, -0.05) is 49.6 Å². The van der Waals surface area contributed by atoms with E-state index in [9.17, 15) is 19.2 Å². The second-order valence-corrected chi connectivity index (χ2v) is 10.1. The Bertz CT molecular complexity index is 885. The molecule has 2 unspecified atom stereocenters. The summed E-state index contributed by atoms with van der Waals surface area (Å²) in [7, 11) is 0. The quantitative estimate of drug-likeness (QED) is 0.188. The van der Waals surface area contributed by atoms with Crippen LogP contribution in [-0.2, 0) is 23.9 Å². The molecule has 0 spiro atoms. The van der Waals surface area contributed by atoms with Crippen LogP contribution in [-0.4, -0.2) is 65.9 Å². The molecule has 1 rings (SSSR count). The van der Waals surface area contributed by atoms with E-state index >= 15 is 0 Å². The van der Waals surface area contributed by atoms with E-state index in [4.69, 9.17) is 9.47 Å². The fourth-order valence-electron chi connectivity index (χ4n) is 3.57. The van der Waals surface area contributed by atoms with E-state index in [1.165, 1.54) is 4.90 Å². The zero-order chi connectivity index (χ0) is 28.0. The van der Waals surface area contributed by atoms with E-state index in [2.05, 4.69) is 23.3 Å². The van der Waals surface area contributed by atoms with Crippen LogP contribution in [0.3, 0.4) is 0 Å². The van der Waals surface area contributed by atoms with Gasteiger partial charge in [0.1, 0.15) is 17.7 Å². The number of amides is 3. The van der Waals surface area contributed by atoms with Gasteiger partial charge in [0.2, 0.25) is 11.8 Å². The van der Waals surface area contributed by atoms with E-state index in [-0.39, 0.29) is 25.3 Å². The second-order valence-electron chi connectivity index (χ2n) is 9.78. The summed E-state index contributed by atoms with van der Waals surface area (Å²) in [5.41, 5.74) is 0.895. The molecule has 9 nitrogen and oxygen atoms in total. The lowest BCUT2D eigenvalue weighted by Crippen LogP contribution is -2.54. The van der Waals surface area contributed by atoms with Crippen molar-refractivity contribution in [2.45, 2.75) is 84.9 Å². The minimum Gasteiger partial charge on any atom is -0.466 e. The molecule has 0 aromatic heterocycles. The second kappa shape index (κ2) is 16.2. The minimum absolute atomic E-state index is 0.0173. The average molecular weight is 538 g/mol. The maximum Gasteiger partial charge on any atom is 0.408 e. The number of nitrogens with one attached hydrogen (secondary N) is 2. The molecule has 0 aliphatic rings. The van der Waals surface area contributed by atoms with Crippen molar-refractivity contribution in [3.05, 3.63) is 35.4 Å². The van der Waals surface area contributed by atoms with Gasteiger partial charge in [-0.15, -0.1) is 0 Å². The van der Waals surface area contributed by atoms with Gasteiger partial charge in [-0.05, 0) is 46.6 Å². The number of aryl methyl sites for hydroxylation is 1. The van der Waals surface area contributed by atoms with Crippen molar-refractivity contribution in [3.8, 4) is 0 Å². The first kappa shape index (κ1) is 32.3. The Balaban J connectivity index is 3.29. The van der Waals surface area contributed by atoms with E-state index in [0.29, 0.717) is 18.5 Å². The largest absolute Gasteiger partial charge is 0.466 e. The highest BCUT2D eigenvalue weighted by atomic mass is 32.1. The number of carbonyl (C=O) groups is 4.